The van der Waals surface area contributed by atoms with E-state index >= 15 is 0 Å². The summed E-state index contributed by atoms with van der Waals surface area (Å²) in [5.41, 5.74) is -0.817. The summed E-state index contributed by atoms with van der Waals surface area (Å²) >= 11 is 0. The molecule has 0 aromatic heterocycles. The summed E-state index contributed by atoms with van der Waals surface area (Å²) in [6.07, 6.45) is 3.84. The van der Waals surface area contributed by atoms with Gasteiger partial charge in [-0.05, 0) is 25.2 Å². The average Bonchev–Trinajstić information content (AvgIpc) is 2.52. The van der Waals surface area contributed by atoms with Crippen LogP contribution in [-0.2, 0) is 14.3 Å². The molecule has 5 atom stereocenters. The molecule has 1 saturated heterocycles. The normalized spacial score (nSPS) is 47.3. The highest BCUT2D eigenvalue weighted by atomic mass is 16.6. The summed E-state index contributed by atoms with van der Waals surface area (Å²) in [6.45, 7) is 6.12. The van der Waals surface area contributed by atoms with Crippen LogP contribution in [0, 0.1) is 23.7 Å². The standard InChI is InChI=1S/C13H20O3/c1-4-10-8(2)5-6-11-9(3)12(15)16-13(10,11)7-14/h7-11H,4-6H2,1-3H3/t8-,9-,10+,11+,13-/m1/s1. The van der Waals surface area contributed by atoms with Gasteiger partial charge in [-0.3, -0.25) is 9.59 Å². The molecule has 1 saturated carbocycles. The minimum absolute atomic E-state index is 0.0960. The number of esters is 1. The first kappa shape index (κ1) is 11.6. The van der Waals surface area contributed by atoms with E-state index in [1.165, 1.54) is 0 Å². The summed E-state index contributed by atoms with van der Waals surface area (Å²) in [7, 11) is 0. The summed E-state index contributed by atoms with van der Waals surface area (Å²) in [5.74, 6) is 0.442. The van der Waals surface area contributed by atoms with Gasteiger partial charge in [0.15, 0.2) is 11.9 Å². The van der Waals surface area contributed by atoms with Gasteiger partial charge in [-0.25, -0.2) is 0 Å². The van der Waals surface area contributed by atoms with Crippen LogP contribution in [0.3, 0.4) is 0 Å². The van der Waals surface area contributed by atoms with Crippen LogP contribution in [0.1, 0.15) is 40.0 Å². The molecule has 3 nitrogen and oxygen atoms in total. The number of carbonyl (C=O) groups excluding carboxylic acids is 2. The molecule has 0 spiro atoms. The summed E-state index contributed by atoms with van der Waals surface area (Å²) < 4.78 is 5.48. The number of hydrogen-bond acceptors (Lipinski definition) is 3. The van der Waals surface area contributed by atoms with Crippen molar-refractivity contribution in [2.45, 2.75) is 45.6 Å². The fourth-order valence-electron chi connectivity index (χ4n) is 3.73. The Bertz CT molecular complexity index is 312. The van der Waals surface area contributed by atoms with Crippen LogP contribution in [0.2, 0.25) is 0 Å². The van der Waals surface area contributed by atoms with E-state index in [2.05, 4.69) is 13.8 Å². The molecule has 0 N–H and O–H groups in total. The molecule has 0 bridgehead atoms. The van der Waals surface area contributed by atoms with E-state index in [-0.39, 0.29) is 23.7 Å². The van der Waals surface area contributed by atoms with E-state index in [1.54, 1.807) is 0 Å². The second kappa shape index (κ2) is 3.86. The predicted octanol–water partition coefficient (Wildman–Crippen LogP) is 2.19. The van der Waals surface area contributed by atoms with Crippen molar-refractivity contribution in [2.75, 3.05) is 0 Å². The average molecular weight is 224 g/mol. The number of carbonyl (C=O) groups is 2. The molecule has 2 fully saturated rings. The van der Waals surface area contributed by atoms with E-state index in [0.717, 1.165) is 25.5 Å². The zero-order chi connectivity index (χ0) is 11.9. The predicted molar refractivity (Wildman–Crippen MR) is 59.7 cm³/mol. The molecule has 0 unspecified atom stereocenters. The number of ether oxygens (including phenoxy) is 1. The Morgan fingerprint density at radius 1 is 1.44 bits per heavy atom. The minimum atomic E-state index is -0.817. The van der Waals surface area contributed by atoms with Gasteiger partial charge in [0.25, 0.3) is 0 Å². The quantitative estimate of drug-likeness (QED) is 0.533. The van der Waals surface area contributed by atoms with Crippen LogP contribution < -0.4 is 0 Å². The number of aldehydes is 1. The maximum absolute atomic E-state index is 11.7. The van der Waals surface area contributed by atoms with Crippen LogP contribution >= 0.6 is 0 Å². The van der Waals surface area contributed by atoms with E-state index in [9.17, 15) is 9.59 Å². The molecule has 2 aliphatic rings. The van der Waals surface area contributed by atoms with Crippen molar-refractivity contribution in [1.82, 2.24) is 0 Å². The van der Waals surface area contributed by atoms with Crippen molar-refractivity contribution in [3.8, 4) is 0 Å². The Morgan fingerprint density at radius 2 is 2.12 bits per heavy atom. The molecule has 90 valence electrons. The molecule has 2 rings (SSSR count). The molecule has 1 aliphatic carbocycles. The molecule has 1 aliphatic heterocycles. The van der Waals surface area contributed by atoms with Gasteiger partial charge in [-0.2, -0.15) is 0 Å². The van der Waals surface area contributed by atoms with Crippen molar-refractivity contribution in [2.24, 2.45) is 23.7 Å². The van der Waals surface area contributed by atoms with Crippen molar-refractivity contribution in [3.05, 3.63) is 0 Å². The molecular formula is C13H20O3. The van der Waals surface area contributed by atoms with E-state index in [0.29, 0.717) is 5.92 Å². The number of hydrogen-bond donors (Lipinski definition) is 0. The highest BCUT2D eigenvalue weighted by molar-refractivity contribution is 5.82. The molecule has 1 heterocycles. The zero-order valence-electron chi connectivity index (χ0n) is 10.2. The topological polar surface area (TPSA) is 43.4 Å². The molecule has 0 aromatic rings. The van der Waals surface area contributed by atoms with E-state index in [4.69, 9.17) is 4.74 Å². The lowest BCUT2D eigenvalue weighted by Crippen LogP contribution is -2.51. The van der Waals surface area contributed by atoms with Gasteiger partial charge in [-0.15, -0.1) is 0 Å². The largest absolute Gasteiger partial charge is 0.450 e. The molecule has 16 heavy (non-hydrogen) atoms. The summed E-state index contributed by atoms with van der Waals surface area (Å²) in [5, 5.41) is 0. The lowest BCUT2D eigenvalue weighted by atomic mass is 9.62. The Kier molecular flexibility index (Phi) is 2.81. The first-order valence-corrected chi connectivity index (χ1v) is 6.26. The second-order valence-corrected chi connectivity index (χ2v) is 5.36. The SMILES string of the molecule is CC[C@H]1[C@H](C)CC[C@H]2[C@@H](C)C(=O)O[C@]12C=O. The lowest BCUT2D eigenvalue weighted by molar-refractivity contribution is -0.165. The highest BCUT2D eigenvalue weighted by Crippen LogP contribution is 2.51. The lowest BCUT2D eigenvalue weighted by Gasteiger charge is -2.43. The summed E-state index contributed by atoms with van der Waals surface area (Å²) in [4.78, 5) is 23.2. The van der Waals surface area contributed by atoms with Gasteiger partial charge < -0.3 is 4.74 Å². The molecule has 0 amide bonds. The second-order valence-electron chi connectivity index (χ2n) is 5.36. The minimum Gasteiger partial charge on any atom is -0.450 e. The third kappa shape index (κ3) is 1.33. The first-order chi connectivity index (χ1) is 7.56. The molecule has 0 aromatic carbocycles. The van der Waals surface area contributed by atoms with Crippen LogP contribution in [-0.4, -0.2) is 17.9 Å². The van der Waals surface area contributed by atoms with Crippen LogP contribution in [0.5, 0.6) is 0 Å². The maximum Gasteiger partial charge on any atom is 0.310 e. The third-order valence-electron chi connectivity index (χ3n) is 4.66. The smallest absolute Gasteiger partial charge is 0.310 e. The molecule has 0 radical (unpaired) electrons. The van der Waals surface area contributed by atoms with Gasteiger partial charge >= 0.3 is 5.97 Å². The van der Waals surface area contributed by atoms with Crippen LogP contribution in [0.25, 0.3) is 0 Å². The van der Waals surface area contributed by atoms with Gasteiger partial charge in [-0.1, -0.05) is 20.8 Å². The number of fused-ring (bicyclic) bond motifs is 1. The Labute approximate surface area is 96.5 Å². The van der Waals surface area contributed by atoms with Crippen LogP contribution in [0.15, 0.2) is 0 Å². The van der Waals surface area contributed by atoms with Crippen LogP contribution in [0.4, 0.5) is 0 Å². The van der Waals surface area contributed by atoms with Crippen molar-refractivity contribution in [3.63, 3.8) is 0 Å². The van der Waals surface area contributed by atoms with Crippen molar-refractivity contribution < 1.29 is 14.3 Å². The zero-order valence-corrected chi connectivity index (χ0v) is 10.2. The van der Waals surface area contributed by atoms with Gasteiger partial charge in [0.1, 0.15) is 0 Å². The summed E-state index contributed by atoms with van der Waals surface area (Å²) in [6, 6.07) is 0. The van der Waals surface area contributed by atoms with E-state index in [1.807, 2.05) is 6.92 Å². The van der Waals surface area contributed by atoms with Crippen molar-refractivity contribution >= 4 is 12.3 Å². The van der Waals surface area contributed by atoms with Crippen molar-refractivity contribution in [1.29, 1.82) is 0 Å². The van der Waals surface area contributed by atoms with E-state index < -0.39 is 5.60 Å². The van der Waals surface area contributed by atoms with Gasteiger partial charge in [0.2, 0.25) is 0 Å². The number of rotatable bonds is 2. The Hall–Kier alpha value is -0.860. The van der Waals surface area contributed by atoms with Gasteiger partial charge in [0.05, 0.1) is 5.92 Å². The molecule has 3 heteroatoms. The highest BCUT2D eigenvalue weighted by Gasteiger charge is 2.60. The molecular weight excluding hydrogens is 204 g/mol. The fraction of sp³-hybridized carbons (Fsp3) is 0.846. The Morgan fingerprint density at radius 3 is 2.69 bits per heavy atom. The Balaban J connectivity index is 2.40. The third-order valence-corrected chi connectivity index (χ3v) is 4.66. The fourth-order valence-corrected chi connectivity index (χ4v) is 3.73. The van der Waals surface area contributed by atoms with Gasteiger partial charge in [0, 0.05) is 11.8 Å². The first-order valence-electron chi connectivity index (χ1n) is 6.26. The monoisotopic (exact) mass is 224 g/mol. The maximum atomic E-state index is 11.7.